The Kier molecular flexibility index (Phi) is 49.9. The topological polar surface area (TPSA) is 69.6 Å². The molecule has 0 aromatic rings. The molecule has 0 aromatic heterocycles. The highest BCUT2D eigenvalue weighted by atomic mass is 16.3. The molecule has 0 bridgehead atoms. The molecule has 4 heteroatoms. The van der Waals surface area contributed by atoms with Gasteiger partial charge in [0.2, 0.25) is 5.91 Å². The van der Waals surface area contributed by atoms with Crippen LogP contribution in [0.4, 0.5) is 0 Å². The SMILES string of the molecule is CC/C=C\C/C=C\C/C=C\C/C=C\C/C=C\C/C=C\C/C=C\CCCCCCCCCCCC(=O)NC(CO)C(O)/C=C/CC/C=C/CCCCCCCCCCCCCCC. The summed E-state index contributed by atoms with van der Waals surface area (Å²) in [4.78, 5) is 12.4. The van der Waals surface area contributed by atoms with Crippen molar-refractivity contribution in [3.8, 4) is 0 Å². The van der Waals surface area contributed by atoms with Gasteiger partial charge in [0.05, 0.1) is 18.8 Å². The van der Waals surface area contributed by atoms with E-state index in [1.54, 1.807) is 6.08 Å². The molecule has 0 fully saturated rings. The van der Waals surface area contributed by atoms with Gasteiger partial charge in [-0.1, -0.05) is 245 Å². The number of rotatable bonds is 46. The molecule has 0 spiro atoms. The zero-order valence-electron chi connectivity index (χ0n) is 40.6. The predicted octanol–water partition coefficient (Wildman–Crippen LogP) is 17.1. The number of aliphatic hydroxyl groups excluding tert-OH is 2. The fourth-order valence-electron chi connectivity index (χ4n) is 7.29. The first-order valence-electron chi connectivity index (χ1n) is 26.1. The van der Waals surface area contributed by atoms with Crippen LogP contribution in [-0.2, 0) is 4.79 Å². The second-order valence-electron chi connectivity index (χ2n) is 17.2. The van der Waals surface area contributed by atoms with E-state index in [1.807, 2.05) is 6.08 Å². The molecule has 3 N–H and O–H groups in total. The summed E-state index contributed by atoms with van der Waals surface area (Å²) in [5.74, 6) is -0.0843. The van der Waals surface area contributed by atoms with Crippen LogP contribution in [0.5, 0.6) is 0 Å². The normalized spacial score (nSPS) is 13.8. The van der Waals surface area contributed by atoms with Crippen LogP contribution in [0.2, 0.25) is 0 Å². The minimum absolute atomic E-state index is 0.0843. The van der Waals surface area contributed by atoms with Gasteiger partial charge in [0.15, 0.2) is 0 Å². The van der Waals surface area contributed by atoms with E-state index in [2.05, 4.69) is 116 Å². The van der Waals surface area contributed by atoms with Gasteiger partial charge in [-0.3, -0.25) is 4.79 Å². The second kappa shape index (κ2) is 52.4. The van der Waals surface area contributed by atoms with Gasteiger partial charge in [-0.2, -0.15) is 0 Å². The van der Waals surface area contributed by atoms with Crippen LogP contribution >= 0.6 is 0 Å². The van der Waals surface area contributed by atoms with E-state index in [4.69, 9.17) is 0 Å². The number of hydrogen-bond donors (Lipinski definition) is 3. The zero-order valence-corrected chi connectivity index (χ0v) is 40.6. The number of allylic oxidation sites excluding steroid dienone is 17. The molecule has 354 valence electrons. The van der Waals surface area contributed by atoms with Crippen molar-refractivity contribution in [1.29, 1.82) is 0 Å². The van der Waals surface area contributed by atoms with Gasteiger partial charge in [-0.15, -0.1) is 0 Å². The first kappa shape index (κ1) is 59.0. The molecule has 0 aromatic carbocycles. The first-order valence-corrected chi connectivity index (χ1v) is 26.1. The summed E-state index contributed by atoms with van der Waals surface area (Å²) < 4.78 is 0. The lowest BCUT2D eigenvalue weighted by Gasteiger charge is -2.19. The van der Waals surface area contributed by atoms with Crippen LogP contribution < -0.4 is 5.32 Å². The van der Waals surface area contributed by atoms with Gasteiger partial charge in [-0.25, -0.2) is 0 Å². The lowest BCUT2D eigenvalue weighted by Crippen LogP contribution is -2.45. The molecule has 2 atom stereocenters. The fourth-order valence-corrected chi connectivity index (χ4v) is 7.29. The Morgan fingerprint density at radius 1 is 0.403 bits per heavy atom. The number of hydrogen-bond acceptors (Lipinski definition) is 3. The van der Waals surface area contributed by atoms with Crippen LogP contribution in [0.1, 0.15) is 232 Å². The molecule has 0 heterocycles. The molecule has 0 saturated carbocycles. The Bertz CT molecular complexity index is 1200. The van der Waals surface area contributed by atoms with E-state index in [1.165, 1.54) is 128 Å². The Hall–Kier alpha value is -2.95. The molecule has 0 saturated heterocycles. The number of aliphatic hydroxyl groups is 2. The summed E-state index contributed by atoms with van der Waals surface area (Å²) in [5, 5.41) is 23.1. The third kappa shape index (κ3) is 48.1. The lowest BCUT2D eigenvalue weighted by atomic mass is 10.0. The number of carbonyl (C=O) groups excluding carboxylic acids is 1. The lowest BCUT2D eigenvalue weighted by molar-refractivity contribution is -0.123. The highest BCUT2D eigenvalue weighted by Gasteiger charge is 2.17. The summed E-state index contributed by atoms with van der Waals surface area (Å²) in [6.07, 6.45) is 79.4. The van der Waals surface area contributed by atoms with Gasteiger partial charge in [0.1, 0.15) is 0 Å². The van der Waals surface area contributed by atoms with Crippen molar-refractivity contribution in [2.45, 2.75) is 244 Å². The van der Waals surface area contributed by atoms with Crippen molar-refractivity contribution in [2.75, 3.05) is 6.61 Å². The van der Waals surface area contributed by atoms with E-state index < -0.39 is 12.1 Å². The molecule has 0 aliphatic carbocycles. The smallest absolute Gasteiger partial charge is 0.220 e. The molecule has 62 heavy (non-hydrogen) atoms. The molecule has 0 rings (SSSR count). The number of carbonyl (C=O) groups is 1. The largest absolute Gasteiger partial charge is 0.394 e. The Morgan fingerprint density at radius 2 is 0.726 bits per heavy atom. The predicted molar refractivity (Wildman–Crippen MR) is 276 cm³/mol. The van der Waals surface area contributed by atoms with Gasteiger partial charge in [-0.05, 0) is 89.9 Å². The van der Waals surface area contributed by atoms with Crippen LogP contribution in [0.25, 0.3) is 0 Å². The van der Waals surface area contributed by atoms with Crippen LogP contribution in [0.15, 0.2) is 109 Å². The van der Waals surface area contributed by atoms with Gasteiger partial charge < -0.3 is 15.5 Å². The van der Waals surface area contributed by atoms with Gasteiger partial charge in [0.25, 0.3) is 0 Å². The average Bonchev–Trinajstić information content (AvgIpc) is 3.28. The standard InChI is InChI=1S/C58H99NO3/c1-3-5-7-9-11-13-15-17-19-21-23-24-25-26-27-28-29-30-31-32-33-34-36-38-40-42-44-46-48-50-52-54-58(62)59-56(55-60)57(61)53-51-49-47-45-43-41-39-37-35-22-20-18-16-14-12-10-8-6-4-2/h5,7,11,13,17,19,23-24,26-27,29-30,32-33,43,45,51,53,56-57,60-61H,3-4,6,8-10,12,14-16,18,20-22,25,28,31,34-42,44,46-50,52,54-55H2,1-2H3,(H,59,62)/b7-5-,13-11-,19-17-,24-23-,27-26-,30-29-,33-32-,45-43+,53-51+. The van der Waals surface area contributed by atoms with Crippen LogP contribution in [0.3, 0.4) is 0 Å². The molecule has 0 aliphatic heterocycles. The highest BCUT2D eigenvalue weighted by Crippen LogP contribution is 2.14. The van der Waals surface area contributed by atoms with Crippen LogP contribution in [-0.4, -0.2) is 34.9 Å². The monoisotopic (exact) mass is 858 g/mol. The van der Waals surface area contributed by atoms with Crippen molar-refractivity contribution in [3.05, 3.63) is 109 Å². The second-order valence-corrected chi connectivity index (χ2v) is 17.2. The Labute approximate surface area is 385 Å². The number of unbranched alkanes of at least 4 members (excludes halogenated alkanes) is 23. The Balaban J connectivity index is 3.64. The quantitative estimate of drug-likeness (QED) is 0.0422. The summed E-state index contributed by atoms with van der Waals surface area (Å²) >= 11 is 0. The average molecular weight is 858 g/mol. The van der Waals surface area contributed by atoms with Crippen molar-refractivity contribution in [3.63, 3.8) is 0 Å². The van der Waals surface area contributed by atoms with E-state index in [0.717, 1.165) is 83.5 Å². The van der Waals surface area contributed by atoms with E-state index in [0.29, 0.717) is 6.42 Å². The molecule has 1 amide bonds. The van der Waals surface area contributed by atoms with E-state index in [-0.39, 0.29) is 12.5 Å². The maximum atomic E-state index is 12.4. The van der Waals surface area contributed by atoms with E-state index in [9.17, 15) is 15.0 Å². The van der Waals surface area contributed by atoms with Crippen molar-refractivity contribution in [2.24, 2.45) is 0 Å². The zero-order chi connectivity index (χ0) is 44.9. The third-order valence-electron chi connectivity index (χ3n) is 11.2. The molecular formula is C58H99NO3. The highest BCUT2D eigenvalue weighted by molar-refractivity contribution is 5.76. The first-order chi connectivity index (χ1) is 30.7. The van der Waals surface area contributed by atoms with Gasteiger partial charge >= 0.3 is 0 Å². The summed E-state index contributed by atoms with van der Waals surface area (Å²) in [7, 11) is 0. The third-order valence-corrected chi connectivity index (χ3v) is 11.2. The number of nitrogens with one attached hydrogen (secondary N) is 1. The summed E-state index contributed by atoms with van der Waals surface area (Å²) in [6, 6.07) is -0.650. The molecule has 0 radical (unpaired) electrons. The maximum Gasteiger partial charge on any atom is 0.220 e. The minimum Gasteiger partial charge on any atom is -0.394 e. The molecule has 2 unspecified atom stereocenters. The van der Waals surface area contributed by atoms with E-state index >= 15 is 0 Å². The Morgan fingerprint density at radius 3 is 1.13 bits per heavy atom. The minimum atomic E-state index is -0.872. The van der Waals surface area contributed by atoms with Crippen molar-refractivity contribution >= 4 is 5.91 Å². The molecule has 0 aliphatic rings. The van der Waals surface area contributed by atoms with Crippen molar-refractivity contribution in [1.82, 2.24) is 5.32 Å². The molecule has 4 nitrogen and oxygen atoms in total. The number of amides is 1. The van der Waals surface area contributed by atoms with Gasteiger partial charge in [0, 0.05) is 6.42 Å². The maximum absolute atomic E-state index is 12.4. The summed E-state index contributed by atoms with van der Waals surface area (Å²) in [5.41, 5.74) is 0. The van der Waals surface area contributed by atoms with Crippen molar-refractivity contribution < 1.29 is 15.0 Å². The fraction of sp³-hybridized carbons (Fsp3) is 0.672. The molecular weight excluding hydrogens is 759 g/mol. The van der Waals surface area contributed by atoms with Crippen LogP contribution in [0, 0.1) is 0 Å². The summed E-state index contributed by atoms with van der Waals surface area (Å²) in [6.45, 7) is 4.18.